The number of anilines is 1. The number of nitrogens with zero attached hydrogens (tertiary/aromatic N) is 3. The minimum Gasteiger partial charge on any atom is -0.496 e. The normalized spacial score (nSPS) is 15.9. The number of aromatic nitrogens is 2. The smallest absolute Gasteiger partial charge is 0.257 e. The van der Waals surface area contributed by atoms with Crippen molar-refractivity contribution in [3.05, 3.63) is 60.0 Å². The maximum absolute atomic E-state index is 13.1. The van der Waals surface area contributed by atoms with Crippen LogP contribution < -0.4 is 10.1 Å². The molecule has 1 aromatic heterocycles. The summed E-state index contributed by atoms with van der Waals surface area (Å²) in [6.07, 6.45) is 2.12. The molecule has 8 heteroatoms. The molecule has 2 aromatic carbocycles. The zero-order valence-electron chi connectivity index (χ0n) is 18.2. The third kappa shape index (κ3) is 4.64. The van der Waals surface area contributed by atoms with Crippen molar-refractivity contribution in [1.29, 1.82) is 0 Å². The van der Waals surface area contributed by atoms with Gasteiger partial charge in [0.15, 0.2) is 0 Å². The predicted molar refractivity (Wildman–Crippen MR) is 120 cm³/mol. The fourth-order valence-corrected chi connectivity index (χ4v) is 3.86. The zero-order valence-corrected chi connectivity index (χ0v) is 18.2. The molecule has 1 saturated heterocycles. The van der Waals surface area contributed by atoms with Crippen molar-refractivity contribution < 1.29 is 18.8 Å². The molecule has 2 heterocycles. The Morgan fingerprint density at radius 3 is 2.88 bits per heavy atom. The largest absolute Gasteiger partial charge is 0.496 e. The fourth-order valence-electron chi connectivity index (χ4n) is 3.86. The number of piperidine rings is 1. The average molecular weight is 434 g/mol. The van der Waals surface area contributed by atoms with Crippen LogP contribution in [-0.2, 0) is 4.79 Å². The standard InChI is InChI=1S/C24H26N4O4/c1-3-21(29)25-18-10-6-8-16(14-18)22-26-23(32-27-22)17-9-7-13-28(15-17)24(30)19-11-4-5-12-20(19)31-2/h4-6,8,10-12,14,17H,3,7,9,13,15H2,1-2H3,(H,25,29)/t17-/m0/s1. The summed E-state index contributed by atoms with van der Waals surface area (Å²) in [4.78, 5) is 31.2. The van der Waals surface area contributed by atoms with Crippen molar-refractivity contribution in [1.82, 2.24) is 15.0 Å². The molecule has 2 amide bonds. The molecule has 1 aliphatic heterocycles. The van der Waals surface area contributed by atoms with Crippen molar-refractivity contribution in [3.63, 3.8) is 0 Å². The van der Waals surface area contributed by atoms with Crippen LogP contribution in [0.15, 0.2) is 53.1 Å². The second kappa shape index (κ2) is 9.64. The molecule has 8 nitrogen and oxygen atoms in total. The van der Waals surface area contributed by atoms with Crippen LogP contribution >= 0.6 is 0 Å². The SMILES string of the molecule is CCC(=O)Nc1cccc(-c2noc([C@H]3CCCN(C(=O)c4ccccc4OC)C3)n2)c1. The van der Waals surface area contributed by atoms with Crippen LogP contribution in [0, 0.1) is 0 Å². The molecule has 1 N–H and O–H groups in total. The highest BCUT2D eigenvalue weighted by molar-refractivity contribution is 5.97. The molecule has 0 aliphatic carbocycles. The highest BCUT2D eigenvalue weighted by Crippen LogP contribution is 2.30. The van der Waals surface area contributed by atoms with E-state index >= 15 is 0 Å². The molecule has 0 saturated carbocycles. The Hall–Kier alpha value is -3.68. The molecule has 1 atom stereocenters. The van der Waals surface area contributed by atoms with E-state index in [0.717, 1.165) is 18.4 Å². The van der Waals surface area contributed by atoms with Gasteiger partial charge in [-0.05, 0) is 37.1 Å². The number of amides is 2. The summed E-state index contributed by atoms with van der Waals surface area (Å²) in [5, 5.41) is 6.97. The van der Waals surface area contributed by atoms with Crippen molar-refractivity contribution in [2.75, 3.05) is 25.5 Å². The molecule has 1 fully saturated rings. The summed E-state index contributed by atoms with van der Waals surface area (Å²) in [7, 11) is 1.56. The molecule has 0 spiro atoms. The van der Waals surface area contributed by atoms with E-state index in [1.54, 1.807) is 26.2 Å². The quantitative estimate of drug-likeness (QED) is 0.627. The number of para-hydroxylation sites is 1. The number of rotatable bonds is 6. The van der Waals surface area contributed by atoms with Crippen LogP contribution in [0.5, 0.6) is 5.75 Å². The van der Waals surface area contributed by atoms with E-state index in [1.165, 1.54) is 0 Å². The molecule has 166 valence electrons. The summed E-state index contributed by atoms with van der Waals surface area (Å²) < 4.78 is 10.9. The number of benzene rings is 2. The van der Waals surface area contributed by atoms with E-state index in [2.05, 4.69) is 15.5 Å². The lowest BCUT2D eigenvalue weighted by molar-refractivity contribution is -0.115. The van der Waals surface area contributed by atoms with Crippen LogP contribution in [-0.4, -0.2) is 47.1 Å². The van der Waals surface area contributed by atoms with Crippen molar-refractivity contribution in [2.24, 2.45) is 0 Å². The molecule has 1 aliphatic rings. The Balaban J connectivity index is 1.49. The van der Waals surface area contributed by atoms with E-state index < -0.39 is 0 Å². The van der Waals surface area contributed by atoms with Gasteiger partial charge >= 0.3 is 0 Å². The van der Waals surface area contributed by atoms with Crippen LogP contribution in [0.2, 0.25) is 0 Å². The average Bonchev–Trinajstić information content (AvgIpc) is 3.34. The summed E-state index contributed by atoms with van der Waals surface area (Å²) in [6, 6.07) is 14.6. The lowest BCUT2D eigenvalue weighted by atomic mass is 9.97. The third-order valence-electron chi connectivity index (χ3n) is 5.56. The number of methoxy groups -OCH3 is 1. The minimum atomic E-state index is -0.0637. The summed E-state index contributed by atoms with van der Waals surface area (Å²) >= 11 is 0. The van der Waals surface area contributed by atoms with Crippen molar-refractivity contribution >= 4 is 17.5 Å². The van der Waals surface area contributed by atoms with Gasteiger partial charge in [-0.15, -0.1) is 0 Å². The van der Waals surface area contributed by atoms with Gasteiger partial charge < -0.3 is 19.5 Å². The van der Waals surface area contributed by atoms with Gasteiger partial charge in [-0.2, -0.15) is 4.98 Å². The van der Waals surface area contributed by atoms with Gasteiger partial charge in [-0.25, -0.2) is 0 Å². The molecule has 4 rings (SSSR count). The van der Waals surface area contributed by atoms with Crippen molar-refractivity contribution in [2.45, 2.75) is 32.1 Å². The first-order valence-corrected chi connectivity index (χ1v) is 10.7. The number of carbonyl (C=O) groups is 2. The monoisotopic (exact) mass is 434 g/mol. The predicted octanol–water partition coefficient (Wildman–Crippen LogP) is 4.11. The van der Waals surface area contributed by atoms with E-state index in [1.807, 2.05) is 41.3 Å². The fraction of sp³-hybridized carbons (Fsp3) is 0.333. The van der Waals surface area contributed by atoms with Gasteiger partial charge in [0.1, 0.15) is 5.75 Å². The summed E-state index contributed by atoms with van der Waals surface area (Å²) in [5.41, 5.74) is 1.99. The van der Waals surface area contributed by atoms with Crippen LogP contribution in [0.1, 0.15) is 48.4 Å². The first kappa shape index (κ1) is 21.5. The third-order valence-corrected chi connectivity index (χ3v) is 5.56. The number of hydrogen-bond donors (Lipinski definition) is 1. The minimum absolute atomic E-state index is 0.0355. The van der Waals surface area contributed by atoms with Gasteiger partial charge in [-0.1, -0.05) is 36.3 Å². The topological polar surface area (TPSA) is 97.6 Å². The first-order valence-electron chi connectivity index (χ1n) is 10.7. The molecule has 0 bridgehead atoms. The number of likely N-dealkylation sites (tertiary alicyclic amines) is 1. The summed E-state index contributed by atoms with van der Waals surface area (Å²) in [6.45, 7) is 2.98. The number of carbonyl (C=O) groups excluding carboxylic acids is 2. The van der Waals surface area contributed by atoms with Crippen molar-refractivity contribution in [3.8, 4) is 17.1 Å². The van der Waals surface area contributed by atoms with Gasteiger partial charge in [0, 0.05) is 30.8 Å². The zero-order chi connectivity index (χ0) is 22.5. The van der Waals surface area contributed by atoms with E-state index in [0.29, 0.717) is 48.2 Å². The number of ether oxygens (including phenoxy) is 1. The molecule has 0 radical (unpaired) electrons. The number of nitrogens with one attached hydrogen (secondary N) is 1. The molecular formula is C24H26N4O4. The second-order valence-electron chi connectivity index (χ2n) is 7.73. The Morgan fingerprint density at radius 1 is 1.22 bits per heavy atom. The Morgan fingerprint density at radius 2 is 2.06 bits per heavy atom. The number of hydrogen-bond acceptors (Lipinski definition) is 6. The van der Waals surface area contributed by atoms with Gasteiger partial charge in [-0.3, -0.25) is 9.59 Å². The Bertz CT molecular complexity index is 1110. The van der Waals surface area contributed by atoms with Gasteiger partial charge in [0.25, 0.3) is 5.91 Å². The van der Waals surface area contributed by atoms with Gasteiger partial charge in [0.2, 0.25) is 17.6 Å². The van der Waals surface area contributed by atoms with Gasteiger partial charge in [0.05, 0.1) is 18.6 Å². The van der Waals surface area contributed by atoms with Crippen LogP contribution in [0.25, 0.3) is 11.4 Å². The van der Waals surface area contributed by atoms with Crippen LogP contribution in [0.4, 0.5) is 5.69 Å². The first-order chi connectivity index (χ1) is 15.6. The Labute approximate surface area is 186 Å². The van der Waals surface area contributed by atoms with Crippen LogP contribution in [0.3, 0.4) is 0 Å². The highest BCUT2D eigenvalue weighted by Gasteiger charge is 2.30. The lowest BCUT2D eigenvalue weighted by Crippen LogP contribution is -2.39. The van der Waals surface area contributed by atoms with E-state index in [-0.39, 0.29) is 17.7 Å². The summed E-state index contributed by atoms with van der Waals surface area (Å²) in [5.74, 6) is 1.38. The second-order valence-corrected chi connectivity index (χ2v) is 7.73. The Kier molecular flexibility index (Phi) is 6.49. The molecule has 0 unspecified atom stereocenters. The maximum atomic E-state index is 13.1. The molecular weight excluding hydrogens is 408 g/mol. The molecule has 32 heavy (non-hydrogen) atoms. The van der Waals surface area contributed by atoms with E-state index in [9.17, 15) is 9.59 Å². The lowest BCUT2D eigenvalue weighted by Gasteiger charge is -2.31. The maximum Gasteiger partial charge on any atom is 0.257 e. The molecule has 3 aromatic rings. The highest BCUT2D eigenvalue weighted by atomic mass is 16.5. The van der Waals surface area contributed by atoms with E-state index in [4.69, 9.17) is 9.26 Å².